The Balaban J connectivity index is 1.48. The van der Waals surface area contributed by atoms with Crippen LogP contribution < -0.4 is 20.1 Å². The van der Waals surface area contributed by atoms with Crippen molar-refractivity contribution in [1.29, 1.82) is 0 Å². The molecular formula is C24H33N3O3. The second-order valence-electron chi connectivity index (χ2n) is 7.55. The van der Waals surface area contributed by atoms with E-state index in [1.165, 1.54) is 5.56 Å². The number of methoxy groups -OCH3 is 1. The molecular weight excluding hydrogens is 378 g/mol. The fourth-order valence-electron chi connectivity index (χ4n) is 3.70. The Morgan fingerprint density at radius 1 is 1.13 bits per heavy atom. The van der Waals surface area contributed by atoms with Crippen LogP contribution in [0.25, 0.3) is 0 Å². The zero-order valence-electron chi connectivity index (χ0n) is 18.1. The Bertz CT molecular complexity index is 797. The van der Waals surface area contributed by atoms with E-state index in [2.05, 4.69) is 39.9 Å². The van der Waals surface area contributed by atoms with Gasteiger partial charge in [-0.25, -0.2) is 0 Å². The van der Waals surface area contributed by atoms with Crippen molar-refractivity contribution in [1.82, 2.24) is 10.6 Å². The van der Waals surface area contributed by atoms with E-state index in [9.17, 15) is 0 Å². The predicted molar refractivity (Wildman–Crippen MR) is 120 cm³/mol. The first-order valence-corrected chi connectivity index (χ1v) is 10.6. The smallest absolute Gasteiger partial charge is 0.191 e. The number of hydrogen-bond acceptors (Lipinski definition) is 4. The van der Waals surface area contributed by atoms with Crippen LogP contribution in [0.5, 0.6) is 11.5 Å². The zero-order chi connectivity index (χ0) is 21.2. The van der Waals surface area contributed by atoms with E-state index < -0.39 is 0 Å². The fourth-order valence-corrected chi connectivity index (χ4v) is 3.70. The highest BCUT2D eigenvalue weighted by molar-refractivity contribution is 5.79. The molecule has 1 aliphatic rings. The van der Waals surface area contributed by atoms with Gasteiger partial charge in [-0.05, 0) is 37.5 Å². The summed E-state index contributed by atoms with van der Waals surface area (Å²) in [6.07, 6.45) is 2.33. The number of benzene rings is 2. The second kappa shape index (κ2) is 11.5. The Hall–Kier alpha value is -2.73. The normalized spacial score (nSPS) is 20.3. The van der Waals surface area contributed by atoms with Crippen LogP contribution in [-0.2, 0) is 4.74 Å². The molecule has 2 aromatic rings. The van der Waals surface area contributed by atoms with E-state index in [-0.39, 0.29) is 12.2 Å². The van der Waals surface area contributed by atoms with Crippen LogP contribution in [0.1, 0.15) is 31.4 Å². The minimum absolute atomic E-state index is 0.0225. The van der Waals surface area contributed by atoms with Crippen molar-refractivity contribution in [3.8, 4) is 11.5 Å². The molecule has 0 aliphatic carbocycles. The minimum atomic E-state index is -0.0225. The lowest BCUT2D eigenvalue weighted by molar-refractivity contribution is -0.0265. The number of rotatable bonds is 8. The van der Waals surface area contributed by atoms with Crippen LogP contribution in [0.15, 0.2) is 59.6 Å². The molecule has 6 heteroatoms. The Morgan fingerprint density at radius 3 is 2.70 bits per heavy atom. The van der Waals surface area contributed by atoms with Crippen molar-refractivity contribution in [2.45, 2.75) is 32.0 Å². The Kier molecular flexibility index (Phi) is 8.39. The molecule has 3 rings (SSSR count). The zero-order valence-corrected chi connectivity index (χ0v) is 18.1. The molecule has 3 atom stereocenters. The summed E-state index contributed by atoms with van der Waals surface area (Å²) in [4.78, 5) is 4.35. The lowest BCUT2D eigenvalue weighted by Gasteiger charge is -2.32. The molecule has 1 saturated heterocycles. The van der Waals surface area contributed by atoms with E-state index in [1.807, 2.05) is 37.3 Å². The van der Waals surface area contributed by atoms with Gasteiger partial charge >= 0.3 is 0 Å². The fraction of sp³-hybridized carbons (Fsp3) is 0.458. The first kappa shape index (κ1) is 22.0. The van der Waals surface area contributed by atoms with Crippen LogP contribution >= 0.6 is 0 Å². The summed E-state index contributed by atoms with van der Waals surface area (Å²) >= 11 is 0. The minimum Gasteiger partial charge on any atom is -0.497 e. The van der Waals surface area contributed by atoms with Gasteiger partial charge in [-0.1, -0.05) is 36.4 Å². The van der Waals surface area contributed by atoms with E-state index in [0.717, 1.165) is 43.5 Å². The largest absolute Gasteiger partial charge is 0.497 e. The molecule has 1 fully saturated rings. The lowest BCUT2D eigenvalue weighted by atomic mass is 9.89. The third-order valence-corrected chi connectivity index (χ3v) is 5.26. The summed E-state index contributed by atoms with van der Waals surface area (Å²) in [6, 6.07) is 18.1. The topological polar surface area (TPSA) is 64.1 Å². The monoisotopic (exact) mass is 411 g/mol. The number of ether oxygens (including phenoxy) is 3. The maximum absolute atomic E-state index is 6.10. The molecule has 0 bridgehead atoms. The summed E-state index contributed by atoms with van der Waals surface area (Å²) < 4.78 is 17.3. The lowest BCUT2D eigenvalue weighted by Crippen LogP contribution is -2.44. The number of guanidine groups is 1. The average molecular weight is 412 g/mol. The van der Waals surface area contributed by atoms with Crippen LogP contribution in [0.3, 0.4) is 0 Å². The quantitative estimate of drug-likeness (QED) is 0.511. The van der Waals surface area contributed by atoms with Crippen molar-refractivity contribution in [2.75, 3.05) is 33.9 Å². The summed E-state index contributed by atoms with van der Waals surface area (Å²) in [5.41, 5.74) is 1.24. The van der Waals surface area contributed by atoms with Crippen LogP contribution in [0.4, 0.5) is 0 Å². The highest BCUT2D eigenvalue weighted by atomic mass is 16.5. The molecule has 3 unspecified atom stereocenters. The van der Waals surface area contributed by atoms with Crippen LogP contribution in [0, 0.1) is 5.92 Å². The van der Waals surface area contributed by atoms with Gasteiger partial charge in [-0.3, -0.25) is 4.99 Å². The highest BCUT2D eigenvalue weighted by Crippen LogP contribution is 2.33. The molecule has 2 aromatic carbocycles. The predicted octanol–water partition coefficient (Wildman–Crippen LogP) is 3.80. The van der Waals surface area contributed by atoms with Crippen molar-refractivity contribution >= 4 is 5.96 Å². The molecule has 1 aliphatic heterocycles. The highest BCUT2D eigenvalue weighted by Gasteiger charge is 2.27. The third kappa shape index (κ3) is 6.39. The Labute approximate surface area is 179 Å². The standard InChI is InChI=1S/C24H33N3O3/c1-18(30-22-13-7-12-21(15-22)28-3)16-26-24(25-2)27-17-20-11-8-14-29-23(20)19-9-5-4-6-10-19/h4-7,9-10,12-13,15,18,20,23H,8,11,14,16-17H2,1-3H3,(H2,25,26,27). The van der Waals surface area contributed by atoms with E-state index >= 15 is 0 Å². The molecule has 30 heavy (non-hydrogen) atoms. The molecule has 0 aromatic heterocycles. The van der Waals surface area contributed by atoms with Crippen molar-refractivity contribution < 1.29 is 14.2 Å². The number of nitrogens with one attached hydrogen (secondary N) is 2. The van der Waals surface area contributed by atoms with Crippen molar-refractivity contribution in [3.05, 3.63) is 60.2 Å². The molecule has 1 heterocycles. The van der Waals surface area contributed by atoms with E-state index in [1.54, 1.807) is 14.2 Å². The van der Waals surface area contributed by atoms with Crippen molar-refractivity contribution in [3.63, 3.8) is 0 Å². The SMILES string of the molecule is CN=C(NCC(C)Oc1cccc(OC)c1)NCC1CCCOC1c1ccccc1. The second-order valence-corrected chi connectivity index (χ2v) is 7.55. The third-order valence-electron chi connectivity index (χ3n) is 5.26. The van der Waals surface area contributed by atoms with Gasteiger partial charge in [-0.15, -0.1) is 0 Å². The summed E-state index contributed by atoms with van der Waals surface area (Å²) in [7, 11) is 3.44. The summed E-state index contributed by atoms with van der Waals surface area (Å²) in [6.45, 7) is 4.30. The van der Waals surface area contributed by atoms with E-state index in [0.29, 0.717) is 12.5 Å². The molecule has 0 spiro atoms. The maximum atomic E-state index is 6.10. The van der Waals surface area contributed by atoms with Gasteiger partial charge in [-0.2, -0.15) is 0 Å². The maximum Gasteiger partial charge on any atom is 0.191 e. The van der Waals surface area contributed by atoms with Gasteiger partial charge in [0.1, 0.15) is 17.6 Å². The Morgan fingerprint density at radius 2 is 1.93 bits per heavy atom. The number of nitrogens with zero attached hydrogens (tertiary/aromatic N) is 1. The van der Waals surface area contributed by atoms with Gasteiger partial charge in [0.25, 0.3) is 0 Å². The molecule has 2 N–H and O–H groups in total. The average Bonchev–Trinajstić information content (AvgIpc) is 2.80. The molecule has 162 valence electrons. The summed E-state index contributed by atoms with van der Waals surface area (Å²) in [5, 5.41) is 6.81. The van der Waals surface area contributed by atoms with Gasteiger partial charge in [0.15, 0.2) is 5.96 Å². The van der Waals surface area contributed by atoms with E-state index in [4.69, 9.17) is 14.2 Å². The van der Waals surface area contributed by atoms with Crippen LogP contribution in [0.2, 0.25) is 0 Å². The van der Waals surface area contributed by atoms with Crippen molar-refractivity contribution in [2.24, 2.45) is 10.9 Å². The summed E-state index contributed by atoms with van der Waals surface area (Å²) in [5.74, 6) is 2.75. The van der Waals surface area contributed by atoms with Gasteiger partial charge in [0.05, 0.1) is 19.8 Å². The van der Waals surface area contributed by atoms with Gasteiger partial charge in [0.2, 0.25) is 0 Å². The molecule has 0 radical (unpaired) electrons. The number of aliphatic imine (C=N–C) groups is 1. The first-order valence-electron chi connectivity index (χ1n) is 10.6. The number of hydrogen-bond donors (Lipinski definition) is 2. The van der Waals surface area contributed by atoms with Crippen LogP contribution in [-0.4, -0.2) is 45.9 Å². The van der Waals surface area contributed by atoms with Gasteiger partial charge in [0, 0.05) is 32.2 Å². The molecule has 0 amide bonds. The molecule has 6 nitrogen and oxygen atoms in total. The molecule has 0 saturated carbocycles. The first-order chi connectivity index (χ1) is 14.7. The van der Waals surface area contributed by atoms with Gasteiger partial charge < -0.3 is 24.8 Å².